The Balaban J connectivity index is 1.63. The van der Waals surface area contributed by atoms with Crippen LogP contribution < -0.4 is 10.6 Å². The van der Waals surface area contributed by atoms with Crippen LogP contribution in [-0.4, -0.2) is 36.0 Å². The third-order valence-corrected chi connectivity index (χ3v) is 3.35. The van der Waals surface area contributed by atoms with E-state index in [-0.39, 0.29) is 31.3 Å². The van der Waals surface area contributed by atoms with Gasteiger partial charge in [-0.1, -0.05) is 0 Å². The first-order valence-corrected chi connectivity index (χ1v) is 6.34. The van der Waals surface area contributed by atoms with Gasteiger partial charge in [-0.2, -0.15) is 0 Å². The average molecular weight is 280 g/mol. The number of aliphatic carboxylic acids is 1. The molecule has 1 fully saturated rings. The van der Waals surface area contributed by atoms with Crippen LogP contribution in [0.2, 0.25) is 0 Å². The van der Waals surface area contributed by atoms with Gasteiger partial charge >= 0.3 is 5.97 Å². The Kier molecular flexibility index (Phi) is 4.07. The van der Waals surface area contributed by atoms with Crippen molar-refractivity contribution in [1.29, 1.82) is 0 Å². The molecule has 2 amide bonds. The highest BCUT2D eigenvalue weighted by molar-refractivity contribution is 5.94. The molecule has 0 unspecified atom stereocenters. The Labute approximate surface area is 115 Å². The molecule has 1 aromatic rings. The normalized spacial score (nSPS) is 15.4. The largest absolute Gasteiger partial charge is 0.481 e. The molecular weight excluding hydrogens is 264 g/mol. The van der Waals surface area contributed by atoms with E-state index in [2.05, 4.69) is 10.6 Å². The van der Waals surface area contributed by atoms with Crippen molar-refractivity contribution in [3.63, 3.8) is 0 Å². The van der Waals surface area contributed by atoms with Gasteiger partial charge in [0.25, 0.3) is 5.91 Å². The van der Waals surface area contributed by atoms with Gasteiger partial charge in [-0.15, -0.1) is 0 Å². The summed E-state index contributed by atoms with van der Waals surface area (Å²) >= 11 is 0. The zero-order valence-electron chi connectivity index (χ0n) is 10.8. The third-order valence-electron chi connectivity index (χ3n) is 3.35. The molecule has 0 radical (unpaired) electrons. The van der Waals surface area contributed by atoms with Crippen molar-refractivity contribution in [2.75, 3.05) is 13.1 Å². The highest BCUT2D eigenvalue weighted by Crippen LogP contribution is 2.45. The molecule has 1 heterocycles. The van der Waals surface area contributed by atoms with Crippen LogP contribution in [0, 0.1) is 5.41 Å². The van der Waals surface area contributed by atoms with Crippen LogP contribution in [0.15, 0.2) is 23.0 Å². The molecule has 2 rings (SSSR count). The molecule has 20 heavy (non-hydrogen) atoms. The number of furan rings is 1. The second kappa shape index (κ2) is 5.77. The molecule has 7 heteroatoms. The molecule has 0 spiro atoms. The van der Waals surface area contributed by atoms with Crippen molar-refractivity contribution in [2.24, 2.45) is 5.41 Å². The van der Waals surface area contributed by atoms with Crippen molar-refractivity contribution in [1.82, 2.24) is 10.6 Å². The van der Waals surface area contributed by atoms with E-state index in [4.69, 9.17) is 9.52 Å². The maximum atomic E-state index is 11.5. The SMILES string of the molecule is O=C(CCNC(=O)c1ccoc1)NCC1(C(=O)O)CC1. The first-order chi connectivity index (χ1) is 9.53. The summed E-state index contributed by atoms with van der Waals surface area (Å²) in [5, 5.41) is 14.1. The maximum absolute atomic E-state index is 11.5. The van der Waals surface area contributed by atoms with E-state index in [1.807, 2.05) is 0 Å². The Hall–Kier alpha value is -2.31. The number of hydrogen-bond acceptors (Lipinski definition) is 4. The van der Waals surface area contributed by atoms with E-state index < -0.39 is 11.4 Å². The van der Waals surface area contributed by atoms with Gasteiger partial charge in [-0.25, -0.2) is 0 Å². The predicted octanol–water partition coefficient (Wildman–Crippen LogP) is 0.380. The standard InChI is InChI=1S/C13H16N2O5/c16-10(15-8-13(3-4-13)12(18)19)1-5-14-11(17)9-2-6-20-7-9/h2,6-7H,1,3-5,8H2,(H,14,17)(H,15,16)(H,18,19). The fourth-order valence-corrected chi connectivity index (χ4v) is 1.76. The van der Waals surface area contributed by atoms with E-state index in [1.54, 1.807) is 0 Å². The van der Waals surface area contributed by atoms with Crippen LogP contribution in [0.25, 0.3) is 0 Å². The van der Waals surface area contributed by atoms with Crippen LogP contribution in [0.1, 0.15) is 29.6 Å². The van der Waals surface area contributed by atoms with Crippen molar-refractivity contribution >= 4 is 17.8 Å². The van der Waals surface area contributed by atoms with Crippen molar-refractivity contribution in [2.45, 2.75) is 19.3 Å². The van der Waals surface area contributed by atoms with Crippen molar-refractivity contribution < 1.29 is 23.9 Å². The summed E-state index contributed by atoms with van der Waals surface area (Å²) in [6, 6.07) is 1.53. The molecule has 0 bridgehead atoms. The smallest absolute Gasteiger partial charge is 0.311 e. The fraction of sp³-hybridized carbons (Fsp3) is 0.462. The summed E-state index contributed by atoms with van der Waals surface area (Å²) in [6.45, 7) is 0.340. The lowest BCUT2D eigenvalue weighted by molar-refractivity contribution is -0.143. The first-order valence-electron chi connectivity index (χ1n) is 6.34. The number of rotatable bonds is 7. The minimum Gasteiger partial charge on any atom is -0.481 e. The highest BCUT2D eigenvalue weighted by Gasteiger charge is 2.50. The highest BCUT2D eigenvalue weighted by atomic mass is 16.4. The van der Waals surface area contributed by atoms with Gasteiger partial charge in [0.05, 0.1) is 17.2 Å². The molecule has 1 aliphatic carbocycles. The predicted molar refractivity (Wildman–Crippen MR) is 68.0 cm³/mol. The molecule has 0 aromatic carbocycles. The summed E-state index contributed by atoms with van der Waals surface area (Å²) in [5.41, 5.74) is -0.372. The summed E-state index contributed by atoms with van der Waals surface area (Å²) in [7, 11) is 0. The quantitative estimate of drug-likeness (QED) is 0.669. The van der Waals surface area contributed by atoms with Gasteiger partial charge < -0.3 is 20.2 Å². The second-order valence-electron chi connectivity index (χ2n) is 4.88. The zero-order valence-corrected chi connectivity index (χ0v) is 10.8. The van der Waals surface area contributed by atoms with Crippen LogP contribution in [0.3, 0.4) is 0 Å². The Morgan fingerprint density at radius 3 is 2.60 bits per heavy atom. The summed E-state index contributed by atoms with van der Waals surface area (Å²) in [4.78, 5) is 34.0. The number of amides is 2. The van der Waals surface area contributed by atoms with Crippen LogP contribution in [-0.2, 0) is 9.59 Å². The van der Waals surface area contributed by atoms with E-state index in [9.17, 15) is 14.4 Å². The maximum Gasteiger partial charge on any atom is 0.311 e. The molecule has 3 N–H and O–H groups in total. The van der Waals surface area contributed by atoms with Crippen LogP contribution in [0.5, 0.6) is 0 Å². The molecule has 1 aromatic heterocycles. The number of hydrogen-bond donors (Lipinski definition) is 3. The lowest BCUT2D eigenvalue weighted by atomic mass is 10.1. The van der Waals surface area contributed by atoms with Gasteiger partial charge in [0.2, 0.25) is 5.91 Å². The lowest BCUT2D eigenvalue weighted by Crippen LogP contribution is -2.36. The monoisotopic (exact) mass is 280 g/mol. The lowest BCUT2D eigenvalue weighted by Gasteiger charge is -2.11. The molecule has 7 nitrogen and oxygen atoms in total. The summed E-state index contributed by atoms with van der Waals surface area (Å²) in [5.74, 6) is -1.45. The Bertz CT molecular complexity index is 505. The van der Waals surface area contributed by atoms with Crippen LogP contribution in [0.4, 0.5) is 0 Å². The van der Waals surface area contributed by atoms with Gasteiger partial charge in [0, 0.05) is 19.5 Å². The van der Waals surface area contributed by atoms with Gasteiger partial charge in [0.1, 0.15) is 6.26 Å². The number of carboxylic acid groups (broad SMARTS) is 1. The topological polar surface area (TPSA) is 109 Å². The fourth-order valence-electron chi connectivity index (χ4n) is 1.76. The zero-order chi connectivity index (χ0) is 14.6. The first kappa shape index (κ1) is 14.1. The number of carboxylic acids is 1. The van der Waals surface area contributed by atoms with E-state index >= 15 is 0 Å². The second-order valence-corrected chi connectivity index (χ2v) is 4.88. The van der Waals surface area contributed by atoms with Gasteiger partial charge in [0.15, 0.2) is 0 Å². The third kappa shape index (κ3) is 3.37. The minimum absolute atomic E-state index is 0.110. The minimum atomic E-state index is -0.869. The molecule has 0 saturated heterocycles. The molecular formula is C13H16N2O5. The van der Waals surface area contributed by atoms with Gasteiger partial charge in [-0.3, -0.25) is 14.4 Å². The molecule has 0 atom stereocenters. The van der Waals surface area contributed by atoms with E-state index in [0.717, 1.165) is 0 Å². The van der Waals surface area contributed by atoms with Gasteiger partial charge in [-0.05, 0) is 18.9 Å². The molecule has 0 aliphatic heterocycles. The summed E-state index contributed by atoms with van der Waals surface area (Å²) < 4.78 is 4.77. The molecule has 1 saturated carbocycles. The number of carbonyl (C=O) groups is 3. The Morgan fingerprint density at radius 2 is 2.05 bits per heavy atom. The van der Waals surface area contributed by atoms with E-state index in [1.165, 1.54) is 18.6 Å². The van der Waals surface area contributed by atoms with E-state index in [0.29, 0.717) is 18.4 Å². The van der Waals surface area contributed by atoms with Crippen molar-refractivity contribution in [3.05, 3.63) is 24.2 Å². The summed E-state index contributed by atoms with van der Waals surface area (Å²) in [6.07, 6.45) is 4.01. The molecule has 1 aliphatic rings. The Morgan fingerprint density at radius 1 is 1.30 bits per heavy atom. The van der Waals surface area contributed by atoms with Crippen LogP contribution >= 0.6 is 0 Å². The number of nitrogens with one attached hydrogen (secondary N) is 2. The number of carbonyl (C=O) groups excluding carboxylic acids is 2. The molecule has 108 valence electrons. The average Bonchev–Trinajstić information content (AvgIpc) is 3.01. The van der Waals surface area contributed by atoms with Crippen molar-refractivity contribution in [3.8, 4) is 0 Å².